The van der Waals surface area contributed by atoms with Crippen LogP contribution in [0.25, 0.3) is 0 Å². The summed E-state index contributed by atoms with van der Waals surface area (Å²) in [7, 11) is 0. The van der Waals surface area contributed by atoms with Gasteiger partial charge in [-0.1, -0.05) is 37.3 Å². The van der Waals surface area contributed by atoms with E-state index in [1.54, 1.807) is 0 Å². The lowest BCUT2D eigenvalue weighted by Crippen LogP contribution is -2.48. The van der Waals surface area contributed by atoms with Crippen LogP contribution in [0.1, 0.15) is 39.2 Å². The topological polar surface area (TPSA) is 24.1 Å². The summed E-state index contributed by atoms with van der Waals surface area (Å²) in [4.78, 5) is 0. The van der Waals surface area contributed by atoms with Gasteiger partial charge >= 0.3 is 0 Å². The Balaban J connectivity index is 2.37. The number of aryl methyl sites for hydroxylation is 1. The molecule has 0 aliphatic rings. The fourth-order valence-corrected chi connectivity index (χ4v) is 2.13. The molecule has 0 saturated carbocycles. The minimum atomic E-state index is 0.0215. The van der Waals surface area contributed by atoms with Gasteiger partial charge in [0.05, 0.1) is 0 Å². The molecule has 0 atom stereocenters. The highest BCUT2D eigenvalue weighted by Crippen LogP contribution is 2.13. The number of rotatable bonds is 6. The summed E-state index contributed by atoms with van der Waals surface area (Å²) >= 11 is 5.28. The van der Waals surface area contributed by atoms with Crippen LogP contribution in [-0.4, -0.2) is 17.2 Å². The highest BCUT2D eigenvalue weighted by molar-refractivity contribution is 7.80. The third-order valence-electron chi connectivity index (χ3n) is 2.87. The first-order chi connectivity index (χ1) is 8.53. The van der Waals surface area contributed by atoms with Crippen LogP contribution >= 0.6 is 12.2 Å². The van der Waals surface area contributed by atoms with Crippen molar-refractivity contribution in [2.45, 2.75) is 45.6 Å². The minimum Gasteiger partial charge on any atom is -0.363 e. The van der Waals surface area contributed by atoms with Crippen LogP contribution in [0.3, 0.4) is 0 Å². The third kappa shape index (κ3) is 6.01. The summed E-state index contributed by atoms with van der Waals surface area (Å²) < 4.78 is 0. The Hall–Kier alpha value is -1.09. The van der Waals surface area contributed by atoms with E-state index in [0.717, 1.165) is 30.9 Å². The Kier molecular flexibility index (Phi) is 6.13. The van der Waals surface area contributed by atoms with Gasteiger partial charge in [0.1, 0.15) is 0 Å². The van der Waals surface area contributed by atoms with Gasteiger partial charge in [-0.2, -0.15) is 0 Å². The molecule has 0 saturated heterocycles. The Morgan fingerprint density at radius 2 is 1.89 bits per heavy atom. The zero-order valence-electron chi connectivity index (χ0n) is 11.6. The maximum absolute atomic E-state index is 5.28. The molecular weight excluding hydrogens is 240 g/mol. The van der Waals surface area contributed by atoms with Gasteiger partial charge in [-0.25, -0.2) is 0 Å². The van der Waals surface area contributed by atoms with Crippen LogP contribution in [0.15, 0.2) is 30.3 Å². The summed E-state index contributed by atoms with van der Waals surface area (Å²) in [5, 5.41) is 7.35. The van der Waals surface area contributed by atoms with Gasteiger partial charge in [0, 0.05) is 12.1 Å². The molecule has 100 valence electrons. The van der Waals surface area contributed by atoms with Crippen molar-refractivity contribution in [2.75, 3.05) is 6.54 Å². The predicted octanol–water partition coefficient (Wildman–Crippen LogP) is 3.27. The second-order valence-corrected chi connectivity index (χ2v) is 5.66. The van der Waals surface area contributed by atoms with E-state index in [2.05, 4.69) is 61.7 Å². The van der Waals surface area contributed by atoms with Gasteiger partial charge in [0.25, 0.3) is 0 Å². The second kappa shape index (κ2) is 7.37. The van der Waals surface area contributed by atoms with Crippen molar-refractivity contribution >= 4 is 17.3 Å². The molecule has 0 spiro atoms. The van der Waals surface area contributed by atoms with E-state index >= 15 is 0 Å². The van der Waals surface area contributed by atoms with Crippen molar-refractivity contribution in [3.05, 3.63) is 35.9 Å². The van der Waals surface area contributed by atoms with Gasteiger partial charge in [0.15, 0.2) is 5.11 Å². The fourth-order valence-electron chi connectivity index (χ4n) is 1.75. The minimum absolute atomic E-state index is 0.0215. The Bertz CT molecular complexity index is 360. The van der Waals surface area contributed by atoms with Crippen LogP contribution in [0, 0.1) is 0 Å². The Morgan fingerprint density at radius 3 is 2.50 bits per heavy atom. The van der Waals surface area contributed by atoms with Gasteiger partial charge < -0.3 is 10.6 Å². The quantitative estimate of drug-likeness (QED) is 0.771. The summed E-state index contributed by atoms with van der Waals surface area (Å²) in [6, 6.07) is 10.6. The standard InChI is InChI=1S/C15H24N2S/c1-4-12-16-14(18)17-15(2,3)11-10-13-8-6-5-7-9-13/h5-9H,4,10-12H2,1-3H3,(H2,16,17,18). The molecule has 0 radical (unpaired) electrons. The second-order valence-electron chi connectivity index (χ2n) is 5.25. The molecule has 0 aliphatic carbocycles. The monoisotopic (exact) mass is 264 g/mol. The van der Waals surface area contributed by atoms with E-state index in [4.69, 9.17) is 12.2 Å². The van der Waals surface area contributed by atoms with Gasteiger partial charge in [-0.3, -0.25) is 0 Å². The summed E-state index contributed by atoms with van der Waals surface area (Å²) in [5.74, 6) is 0. The lowest BCUT2D eigenvalue weighted by molar-refractivity contribution is 0.423. The molecule has 3 heteroatoms. The first-order valence-corrected chi connectivity index (χ1v) is 7.04. The summed E-state index contributed by atoms with van der Waals surface area (Å²) in [5.41, 5.74) is 1.40. The first kappa shape index (κ1) is 15.0. The largest absolute Gasteiger partial charge is 0.363 e. The van der Waals surface area contributed by atoms with E-state index in [0.29, 0.717) is 0 Å². The van der Waals surface area contributed by atoms with Crippen molar-refractivity contribution < 1.29 is 0 Å². The molecule has 2 N–H and O–H groups in total. The van der Waals surface area contributed by atoms with Crippen LogP contribution in [-0.2, 0) is 6.42 Å². The van der Waals surface area contributed by atoms with E-state index < -0.39 is 0 Å². The van der Waals surface area contributed by atoms with Crippen LogP contribution in [0.4, 0.5) is 0 Å². The molecule has 0 aliphatic heterocycles. The van der Waals surface area contributed by atoms with Gasteiger partial charge in [0.2, 0.25) is 0 Å². The summed E-state index contributed by atoms with van der Waals surface area (Å²) in [6.07, 6.45) is 3.22. The zero-order chi connectivity index (χ0) is 13.4. The van der Waals surface area contributed by atoms with Crippen LogP contribution < -0.4 is 10.6 Å². The van der Waals surface area contributed by atoms with E-state index in [-0.39, 0.29) is 5.54 Å². The van der Waals surface area contributed by atoms with E-state index in [9.17, 15) is 0 Å². The molecule has 0 bridgehead atoms. The zero-order valence-corrected chi connectivity index (χ0v) is 12.4. The van der Waals surface area contributed by atoms with E-state index in [1.807, 2.05) is 0 Å². The first-order valence-electron chi connectivity index (χ1n) is 6.63. The fraction of sp³-hybridized carbons (Fsp3) is 0.533. The molecule has 0 amide bonds. The van der Waals surface area contributed by atoms with Gasteiger partial charge in [-0.05, 0) is 50.9 Å². The highest BCUT2D eigenvalue weighted by Gasteiger charge is 2.18. The summed E-state index contributed by atoms with van der Waals surface area (Å²) in [6.45, 7) is 7.45. The average Bonchev–Trinajstić information content (AvgIpc) is 2.35. The molecule has 0 aromatic heterocycles. The third-order valence-corrected chi connectivity index (χ3v) is 3.12. The SMILES string of the molecule is CCCNC(=S)NC(C)(C)CCc1ccccc1. The average molecular weight is 264 g/mol. The number of hydrogen-bond acceptors (Lipinski definition) is 1. The van der Waals surface area contributed by atoms with Crippen molar-refractivity contribution in [1.29, 1.82) is 0 Å². The lowest BCUT2D eigenvalue weighted by atomic mass is 9.95. The Morgan fingerprint density at radius 1 is 1.22 bits per heavy atom. The molecular formula is C15H24N2S. The molecule has 0 fully saturated rings. The normalized spacial score (nSPS) is 11.1. The molecule has 1 aromatic carbocycles. The number of nitrogens with one attached hydrogen (secondary N) is 2. The van der Waals surface area contributed by atoms with E-state index in [1.165, 1.54) is 5.56 Å². The van der Waals surface area contributed by atoms with Crippen molar-refractivity contribution in [3.63, 3.8) is 0 Å². The van der Waals surface area contributed by atoms with Crippen LogP contribution in [0.5, 0.6) is 0 Å². The number of thiocarbonyl (C=S) groups is 1. The number of hydrogen-bond donors (Lipinski definition) is 2. The predicted molar refractivity (Wildman–Crippen MR) is 82.9 cm³/mol. The maximum Gasteiger partial charge on any atom is 0.166 e. The van der Waals surface area contributed by atoms with Crippen molar-refractivity contribution in [1.82, 2.24) is 10.6 Å². The van der Waals surface area contributed by atoms with Crippen molar-refractivity contribution in [2.24, 2.45) is 0 Å². The molecule has 0 unspecified atom stereocenters. The van der Waals surface area contributed by atoms with Crippen molar-refractivity contribution in [3.8, 4) is 0 Å². The smallest absolute Gasteiger partial charge is 0.166 e. The molecule has 2 nitrogen and oxygen atoms in total. The molecule has 1 rings (SSSR count). The highest BCUT2D eigenvalue weighted by atomic mass is 32.1. The maximum atomic E-state index is 5.28. The molecule has 1 aromatic rings. The molecule has 0 heterocycles. The lowest BCUT2D eigenvalue weighted by Gasteiger charge is -2.28. The Labute approximate surface area is 116 Å². The number of benzene rings is 1. The molecule has 18 heavy (non-hydrogen) atoms. The van der Waals surface area contributed by atoms with Crippen LogP contribution in [0.2, 0.25) is 0 Å². The van der Waals surface area contributed by atoms with Gasteiger partial charge in [-0.15, -0.1) is 0 Å².